The molecule has 11 nitrogen and oxygen atoms in total. The average Bonchev–Trinajstić information content (AvgIpc) is 2.93. The van der Waals surface area contributed by atoms with E-state index in [1.807, 2.05) is 0 Å². The van der Waals surface area contributed by atoms with Gasteiger partial charge in [-0.1, -0.05) is 30.7 Å². The highest BCUT2D eigenvalue weighted by molar-refractivity contribution is 5.77. The summed E-state index contributed by atoms with van der Waals surface area (Å²) >= 11 is 0. The molecule has 0 fully saturated rings. The Morgan fingerprint density at radius 2 is 1.15 bits per heavy atom. The number of amides is 1. The predicted octanol–water partition coefficient (Wildman–Crippen LogP) is 1.44. The van der Waals surface area contributed by atoms with Gasteiger partial charge < -0.3 is 20.6 Å². The van der Waals surface area contributed by atoms with Crippen molar-refractivity contribution in [3.8, 4) is 0 Å². The number of hydrogen-bond donors (Lipinski definition) is 4. The predicted molar refractivity (Wildman–Crippen MR) is 151 cm³/mol. The van der Waals surface area contributed by atoms with Crippen molar-refractivity contribution in [1.29, 1.82) is 0 Å². The lowest BCUT2D eigenvalue weighted by molar-refractivity contribution is -0.121. The summed E-state index contributed by atoms with van der Waals surface area (Å²) in [6.07, 6.45) is 4.13. The zero-order valence-corrected chi connectivity index (χ0v) is 21.8. The van der Waals surface area contributed by atoms with Gasteiger partial charge in [0, 0.05) is 26.1 Å². The number of H-pyrrole nitrogens is 2. The molecule has 11 heteroatoms. The van der Waals surface area contributed by atoms with E-state index in [9.17, 15) is 24.0 Å². The summed E-state index contributed by atoms with van der Waals surface area (Å²) < 4.78 is 2.40. The normalized spacial score (nSPS) is 11.3. The van der Waals surface area contributed by atoms with Crippen LogP contribution in [0.3, 0.4) is 0 Å². The van der Waals surface area contributed by atoms with Gasteiger partial charge in [-0.2, -0.15) is 0 Å². The molecule has 0 aliphatic rings. The Balaban J connectivity index is 1.05. The molecule has 2 heterocycles. The van der Waals surface area contributed by atoms with Gasteiger partial charge in [0.15, 0.2) is 0 Å². The van der Waals surface area contributed by atoms with Gasteiger partial charge in [0.1, 0.15) is 0 Å². The zero-order chi connectivity index (χ0) is 27.6. The van der Waals surface area contributed by atoms with Crippen LogP contribution in [0.2, 0.25) is 0 Å². The third kappa shape index (κ3) is 7.20. The van der Waals surface area contributed by atoms with Crippen LogP contribution in [-0.4, -0.2) is 44.6 Å². The van der Waals surface area contributed by atoms with Crippen molar-refractivity contribution in [3.63, 3.8) is 0 Å². The molecular formula is C28H34N6O5. The van der Waals surface area contributed by atoms with Crippen LogP contribution >= 0.6 is 0 Å². The first-order valence-corrected chi connectivity index (χ1v) is 13.4. The van der Waals surface area contributed by atoms with E-state index in [0.29, 0.717) is 60.7 Å². The fraction of sp³-hybridized carbons (Fsp3) is 0.393. The number of nitrogens with one attached hydrogen (secondary N) is 4. The summed E-state index contributed by atoms with van der Waals surface area (Å²) in [6.45, 7) is 2.44. The van der Waals surface area contributed by atoms with E-state index in [4.69, 9.17) is 0 Å². The van der Waals surface area contributed by atoms with Gasteiger partial charge in [0.25, 0.3) is 11.1 Å². The molecule has 0 saturated carbocycles. The van der Waals surface area contributed by atoms with Gasteiger partial charge in [-0.3, -0.25) is 23.5 Å². The van der Waals surface area contributed by atoms with E-state index in [1.54, 1.807) is 48.5 Å². The van der Waals surface area contributed by atoms with Crippen LogP contribution < -0.4 is 33.1 Å². The van der Waals surface area contributed by atoms with Crippen molar-refractivity contribution in [1.82, 2.24) is 29.7 Å². The quantitative estimate of drug-likeness (QED) is 0.180. The standard InChI is InChI=1S/C28H34N6O5/c35-24(30-17-9-19-34-26(37)21-11-4-6-13-23(21)32-28(34)39)14-2-1-7-15-29-16-8-18-33-25(36)20-10-3-5-12-22(20)31-27(33)38/h3-6,10-13,29H,1-2,7-9,14-19H2,(H,30,35)(H,31,38)(H,32,39). The summed E-state index contributed by atoms with van der Waals surface area (Å²) in [5.41, 5.74) is -0.385. The van der Waals surface area contributed by atoms with Crippen molar-refractivity contribution in [3.05, 3.63) is 90.2 Å². The number of aromatic nitrogens is 4. The van der Waals surface area contributed by atoms with Gasteiger partial charge in [0.05, 0.1) is 21.8 Å². The molecule has 2 aromatic carbocycles. The first-order valence-electron chi connectivity index (χ1n) is 13.4. The Kier molecular flexibility index (Phi) is 9.63. The number of para-hydroxylation sites is 2. The fourth-order valence-electron chi connectivity index (χ4n) is 4.56. The van der Waals surface area contributed by atoms with Crippen LogP contribution in [0.25, 0.3) is 21.8 Å². The molecule has 0 saturated heterocycles. The maximum Gasteiger partial charge on any atom is 0.328 e. The highest BCUT2D eigenvalue weighted by Crippen LogP contribution is 2.04. The molecule has 0 unspecified atom stereocenters. The van der Waals surface area contributed by atoms with Crippen molar-refractivity contribution >= 4 is 27.7 Å². The summed E-state index contributed by atoms with van der Waals surface area (Å²) in [7, 11) is 0. The maximum atomic E-state index is 12.5. The number of benzene rings is 2. The molecule has 4 rings (SSSR count). The number of fused-ring (bicyclic) bond motifs is 2. The van der Waals surface area contributed by atoms with Crippen molar-refractivity contribution in [2.45, 2.75) is 51.6 Å². The second kappa shape index (κ2) is 13.5. The molecule has 2 aromatic heterocycles. The Labute approximate surface area is 223 Å². The van der Waals surface area contributed by atoms with Gasteiger partial charge in [-0.05, 0) is 63.0 Å². The monoisotopic (exact) mass is 534 g/mol. The molecular weight excluding hydrogens is 500 g/mol. The molecule has 206 valence electrons. The minimum Gasteiger partial charge on any atom is -0.356 e. The first-order chi connectivity index (χ1) is 19.0. The van der Waals surface area contributed by atoms with Crippen LogP contribution in [0.1, 0.15) is 38.5 Å². The summed E-state index contributed by atoms with van der Waals surface area (Å²) in [4.78, 5) is 67.0. The van der Waals surface area contributed by atoms with Crippen LogP contribution in [-0.2, 0) is 17.9 Å². The molecule has 39 heavy (non-hydrogen) atoms. The molecule has 0 spiro atoms. The van der Waals surface area contributed by atoms with E-state index >= 15 is 0 Å². The third-order valence-corrected chi connectivity index (χ3v) is 6.65. The van der Waals surface area contributed by atoms with E-state index in [2.05, 4.69) is 20.6 Å². The first kappa shape index (κ1) is 27.8. The van der Waals surface area contributed by atoms with Crippen LogP contribution in [0.15, 0.2) is 67.7 Å². The largest absolute Gasteiger partial charge is 0.356 e. The third-order valence-electron chi connectivity index (χ3n) is 6.65. The Morgan fingerprint density at radius 3 is 1.74 bits per heavy atom. The molecule has 0 bridgehead atoms. The SMILES string of the molecule is O=C(CCCCCNCCCn1c(=O)[nH]c2ccccc2c1=O)NCCCn1c(=O)[nH]c2ccccc2c1=O. The van der Waals surface area contributed by atoms with E-state index in [0.717, 1.165) is 25.8 Å². The van der Waals surface area contributed by atoms with Gasteiger partial charge in [-0.15, -0.1) is 0 Å². The van der Waals surface area contributed by atoms with Gasteiger partial charge in [-0.25, -0.2) is 9.59 Å². The number of hydrogen-bond acceptors (Lipinski definition) is 6. The molecule has 4 aromatic rings. The molecule has 0 aliphatic heterocycles. The number of aromatic amines is 2. The Bertz CT molecular complexity index is 1670. The molecule has 4 N–H and O–H groups in total. The number of nitrogens with zero attached hydrogens (tertiary/aromatic N) is 2. The molecule has 1 amide bonds. The van der Waals surface area contributed by atoms with Crippen LogP contribution in [0.5, 0.6) is 0 Å². The Hall–Kier alpha value is -4.25. The fourth-order valence-corrected chi connectivity index (χ4v) is 4.56. The van der Waals surface area contributed by atoms with Crippen LogP contribution in [0, 0.1) is 0 Å². The van der Waals surface area contributed by atoms with Crippen LogP contribution in [0.4, 0.5) is 0 Å². The lowest BCUT2D eigenvalue weighted by Crippen LogP contribution is -2.36. The molecule has 0 radical (unpaired) electrons. The van der Waals surface area contributed by atoms with Crippen molar-refractivity contribution in [2.75, 3.05) is 19.6 Å². The van der Waals surface area contributed by atoms with Crippen molar-refractivity contribution < 1.29 is 4.79 Å². The van der Waals surface area contributed by atoms with E-state index < -0.39 is 11.4 Å². The highest BCUT2D eigenvalue weighted by atomic mass is 16.2. The minimum absolute atomic E-state index is 0.0474. The number of carbonyl (C=O) groups excluding carboxylic acids is 1. The van der Waals surface area contributed by atoms with E-state index in [1.165, 1.54) is 9.13 Å². The second-order valence-electron chi connectivity index (χ2n) is 9.48. The van der Waals surface area contributed by atoms with Gasteiger partial charge in [0.2, 0.25) is 5.91 Å². The molecule has 0 aliphatic carbocycles. The topological polar surface area (TPSA) is 151 Å². The summed E-state index contributed by atoms with van der Waals surface area (Å²) in [5, 5.41) is 7.13. The minimum atomic E-state index is -0.449. The smallest absolute Gasteiger partial charge is 0.328 e. The van der Waals surface area contributed by atoms with Gasteiger partial charge >= 0.3 is 11.4 Å². The lowest BCUT2D eigenvalue weighted by Gasteiger charge is -2.08. The zero-order valence-electron chi connectivity index (χ0n) is 21.8. The highest BCUT2D eigenvalue weighted by Gasteiger charge is 2.08. The summed E-state index contributed by atoms with van der Waals surface area (Å²) in [6, 6.07) is 13.9. The second-order valence-corrected chi connectivity index (χ2v) is 9.48. The molecule has 0 atom stereocenters. The number of carbonyl (C=O) groups is 1. The number of rotatable bonds is 14. The summed E-state index contributed by atoms with van der Waals surface area (Å²) in [5.74, 6) is -0.0474. The van der Waals surface area contributed by atoms with Crippen molar-refractivity contribution in [2.24, 2.45) is 0 Å². The maximum absolute atomic E-state index is 12.5. The lowest BCUT2D eigenvalue weighted by atomic mass is 10.2. The van der Waals surface area contributed by atoms with E-state index in [-0.39, 0.29) is 23.6 Å². The number of unbranched alkanes of at least 4 members (excludes halogenated alkanes) is 2. The Morgan fingerprint density at radius 1 is 0.641 bits per heavy atom. The average molecular weight is 535 g/mol.